The first-order chi connectivity index (χ1) is 11.4. The number of nitrogens with zero attached hydrogens (tertiary/aromatic N) is 3. The number of anilines is 1. The molecule has 2 aromatic rings. The van der Waals surface area contributed by atoms with Crippen molar-refractivity contribution in [3.8, 4) is 6.07 Å². The van der Waals surface area contributed by atoms with Gasteiger partial charge in [0.15, 0.2) is 0 Å². The molecule has 0 saturated heterocycles. The Bertz CT molecular complexity index is 843. The van der Waals surface area contributed by atoms with Crippen molar-refractivity contribution < 1.29 is 13.2 Å². The van der Waals surface area contributed by atoms with Gasteiger partial charge in [0.25, 0.3) is 0 Å². The lowest BCUT2D eigenvalue weighted by atomic mass is 10.2. The molecule has 0 aliphatic rings. The number of hydrogen-bond acceptors (Lipinski definition) is 5. The van der Waals surface area contributed by atoms with Crippen LogP contribution in [-0.4, -0.2) is 32.1 Å². The molecule has 7 nitrogen and oxygen atoms in total. The Morgan fingerprint density at radius 2 is 2.00 bits per heavy atom. The number of pyridine rings is 1. The van der Waals surface area contributed by atoms with Gasteiger partial charge in [0.05, 0.1) is 23.6 Å². The van der Waals surface area contributed by atoms with E-state index in [1.165, 1.54) is 24.3 Å². The average molecular weight is 344 g/mol. The number of nitriles is 1. The second-order valence-corrected chi connectivity index (χ2v) is 6.97. The van der Waals surface area contributed by atoms with Crippen molar-refractivity contribution in [3.05, 3.63) is 59.9 Å². The zero-order valence-corrected chi connectivity index (χ0v) is 13.8. The molecule has 124 valence electrons. The molecule has 0 aliphatic carbocycles. The smallest absolute Gasteiger partial charge is 0.241 e. The summed E-state index contributed by atoms with van der Waals surface area (Å²) in [5, 5.41) is 11.5. The van der Waals surface area contributed by atoms with Crippen LogP contribution in [0.4, 0.5) is 5.69 Å². The van der Waals surface area contributed by atoms with Crippen molar-refractivity contribution in [3.63, 3.8) is 0 Å². The zero-order chi connectivity index (χ0) is 17.6. The van der Waals surface area contributed by atoms with Gasteiger partial charge in [0.1, 0.15) is 6.54 Å². The van der Waals surface area contributed by atoms with Gasteiger partial charge >= 0.3 is 0 Å². The van der Waals surface area contributed by atoms with Crippen LogP contribution in [0.5, 0.6) is 0 Å². The summed E-state index contributed by atoms with van der Waals surface area (Å²) in [5.41, 5.74) is 1.55. The van der Waals surface area contributed by atoms with Gasteiger partial charge in [-0.1, -0.05) is 6.07 Å². The van der Waals surface area contributed by atoms with Gasteiger partial charge in [0.2, 0.25) is 15.9 Å². The minimum Gasteiger partial charge on any atom is -0.350 e. The lowest BCUT2D eigenvalue weighted by Gasteiger charge is -2.21. The summed E-state index contributed by atoms with van der Waals surface area (Å²) in [6.45, 7) is -0.0807. The summed E-state index contributed by atoms with van der Waals surface area (Å²) in [4.78, 5) is 16.0. The highest BCUT2D eigenvalue weighted by molar-refractivity contribution is 7.92. The van der Waals surface area contributed by atoms with Crippen molar-refractivity contribution in [2.45, 2.75) is 6.54 Å². The van der Waals surface area contributed by atoms with E-state index in [0.717, 1.165) is 16.1 Å². The molecule has 0 spiro atoms. The van der Waals surface area contributed by atoms with Gasteiger partial charge < -0.3 is 5.32 Å². The van der Waals surface area contributed by atoms with Gasteiger partial charge in [-0.15, -0.1) is 0 Å². The van der Waals surface area contributed by atoms with Crippen LogP contribution in [0.15, 0.2) is 48.8 Å². The van der Waals surface area contributed by atoms with Crippen molar-refractivity contribution in [2.75, 3.05) is 17.1 Å². The maximum absolute atomic E-state index is 12.1. The van der Waals surface area contributed by atoms with Crippen LogP contribution in [0.1, 0.15) is 11.1 Å². The van der Waals surface area contributed by atoms with E-state index in [2.05, 4.69) is 10.3 Å². The van der Waals surface area contributed by atoms with Crippen molar-refractivity contribution in [1.29, 1.82) is 5.26 Å². The number of hydrogen-bond donors (Lipinski definition) is 1. The maximum atomic E-state index is 12.1. The number of amides is 1. The zero-order valence-electron chi connectivity index (χ0n) is 13.0. The van der Waals surface area contributed by atoms with Crippen LogP contribution in [0.25, 0.3) is 0 Å². The number of nitrogens with one attached hydrogen (secondary N) is 1. The van der Waals surface area contributed by atoms with Crippen molar-refractivity contribution in [1.82, 2.24) is 10.3 Å². The predicted molar refractivity (Wildman–Crippen MR) is 89.4 cm³/mol. The van der Waals surface area contributed by atoms with Gasteiger partial charge in [-0.2, -0.15) is 5.26 Å². The average Bonchev–Trinajstić information content (AvgIpc) is 2.58. The van der Waals surface area contributed by atoms with E-state index < -0.39 is 15.9 Å². The topological polar surface area (TPSA) is 103 Å². The normalized spacial score (nSPS) is 10.7. The second-order valence-electron chi connectivity index (χ2n) is 5.07. The predicted octanol–water partition coefficient (Wildman–Crippen LogP) is 1.04. The fourth-order valence-electron chi connectivity index (χ4n) is 1.99. The molecule has 0 radical (unpaired) electrons. The summed E-state index contributed by atoms with van der Waals surface area (Å²) >= 11 is 0. The third-order valence-corrected chi connectivity index (χ3v) is 4.32. The molecule has 0 fully saturated rings. The minimum absolute atomic E-state index is 0.262. The highest BCUT2D eigenvalue weighted by Gasteiger charge is 2.20. The molecule has 0 unspecified atom stereocenters. The molecule has 1 heterocycles. The fourth-order valence-corrected chi connectivity index (χ4v) is 2.85. The van der Waals surface area contributed by atoms with Crippen LogP contribution in [-0.2, 0) is 21.4 Å². The van der Waals surface area contributed by atoms with E-state index in [9.17, 15) is 13.2 Å². The summed E-state index contributed by atoms with van der Waals surface area (Å²) < 4.78 is 24.9. The van der Waals surface area contributed by atoms with Crippen LogP contribution in [0, 0.1) is 11.3 Å². The second kappa shape index (κ2) is 7.57. The van der Waals surface area contributed by atoms with Crippen LogP contribution < -0.4 is 9.62 Å². The summed E-state index contributed by atoms with van der Waals surface area (Å²) in [7, 11) is -3.64. The third-order valence-electron chi connectivity index (χ3n) is 3.18. The highest BCUT2D eigenvalue weighted by atomic mass is 32.2. The molecule has 1 aromatic heterocycles. The monoisotopic (exact) mass is 344 g/mol. The number of carbonyl (C=O) groups is 1. The van der Waals surface area contributed by atoms with E-state index in [1.807, 2.05) is 12.1 Å². The Labute approximate surface area is 140 Å². The number of carbonyl (C=O) groups excluding carboxylic acids is 1. The Kier molecular flexibility index (Phi) is 5.50. The first-order valence-corrected chi connectivity index (χ1v) is 8.88. The molecule has 1 amide bonds. The van der Waals surface area contributed by atoms with Gasteiger partial charge in [-0.3, -0.25) is 14.1 Å². The highest BCUT2D eigenvalue weighted by Crippen LogP contribution is 2.17. The van der Waals surface area contributed by atoms with Gasteiger partial charge in [-0.05, 0) is 35.9 Å². The Morgan fingerprint density at radius 1 is 1.29 bits per heavy atom. The Balaban J connectivity index is 2.08. The summed E-state index contributed by atoms with van der Waals surface area (Å²) in [6, 6.07) is 11.5. The Morgan fingerprint density at radius 3 is 2.54 bits per heavy atom. The van der Waals surface area contributed by atoms with Gasteiger partial charge in [-0.25, -0.2) is 8.42 Å². The van der Waals surface area contributed by atoms with Gasteiger partial charge in [0, 0.05) is 18.9 Å². The van der Waals surface area contributed by atoms with E-state index in [4.69, 9.17) is 5.26 Å². The Hall–Kier alpha value is -2.92. The van der Waals surface area contributed by atoms with Crippen LogP contribution in [0.2, 0.25) is 0 Å². The van der Waals surface area contributed by atoms with Crippen LogP contribution >= 0.6 is 0 Å². The third kappa shape index (κ3) is 4.79. The number of aromatic nitrogens is 1. The van der Waals surface area contributed by atoms with Crippen molar-refractivity contribution in [2.24, 2.45) is 0 Å². The number of benzene rings is 1. The van der Waals surface area contributed by atoms with E-state index in [-0.39, 0.29) is 13.1 Å². The molecule has 2 rings (SSSR count). The molecular formula is C16H16N4O3S. The quantitative estimate of drug-likeness (QED) is 0.843. The fraction of sp³-hybridized carbons (Fsp3) is 0.188. The first kappa shape index (κ1) is 17.4. The largest absolute Gasteiger partial charge is 0.350 e. The molecule has 8 heteroatoms. The minimum atomic E-state index is -3.64. The molecule has 0 bridgehead atoms. The number of sulfonamides is 1. The lowest BCUT2D eigenvalue weighted by molar-refractivity contribution is -0.119. The lowest BCUT2D eigenvalue weighted by Crippen LogP contribution is -2.40. The molecule has 1 N–H and O–H groups in total. The van der Waals surface area contributed by atoms with Crippen molar-refractivity contribution >= 4 is 21.6 Å². The standard InChI is InChI=1S/C16H16N4O3S/c1-24(22,23)20(15-6-4-13(9-17)5-7-15)12-16(21)19-11-14-3-2-8-18-10-14/h2-8,10H,11-12H2,1H3,(H,19,21). The SMILES string of the molecule is CS(=O)(=O)N(CC(=O)NCc1cccnc1)c1ccc(C#N)cc1. The molecule has 1 aromatic carbocycles. The van der Waals surface area contributed by atoms with Crippen LogP contribution in [0.3, 0.4) is 0 Å². The molecule has 24 heavy (non-hydrogen) atoms. The number of rotatable bonds is 6. The summed E-state index contributed by atoms with van der Waals surface area (Å²) in [6.07, 6.45) is 4.27. The molecular weight excluding hydrogens is 328 g/mol. The van der Waals surface area contributed by atoms with E-state index in [0.29, 0.717) is 11.3 Å². The molecule has 0 aliphatic heterocycles. The molecule has 0 atom stereocenters. The van der Waals surface area contributed by atoms with E-state index in [1.54, 1.807) is 18.5 Å². The summed E-state index contributed by atoms with van der Waals surface area (Å²) in [5.74, 6) is -0.436. The maximum Gasteiger partial charge on any atom is 0.241 e. The van der Waals surface area contributed by atoms with E-state index >= 15 is 0 Å². The first-order valence-electron chi connectivity index (χ1n) is 7.03. The molecule has 0 saturated carbocycles.